The number of nitrogens with zero attached hydrogens (tertiary/aromatic N) is 2. The summed E-state index contributed by atoms with van der Waals surface area (Å²) in [7, 11) is 2.10. The standard InChI is InChI=1S/C18H29N3O.2ClH/c1-3-4-12-20(2)16-10-8-15(9-11-16)18(22)21-13-6-5-7-17(21)14-19;;/h8-11,17H,3-7,12-14,19H2,1-2H3;2*1H. The molecule has 0 aromatic heterocycles. The number of hydrogen-bond donors (Lipinski definition) is 1. The zero-order chi connectivity index (χ0) is 15.9. The molecule has 1 saturated heterocycles. The number of rotatable bonds is 6. The van der Waals surface area contributed by atoms with Crippen molar-refractivity contribution in [2.24, 2.45) is 5.73 Å². The maximum Gasteiger partial charge on any atom is 0.254 e. The van der Waals surface area contributed by atoms with Crippen LogP contribution in [-0.2, 0) is 0 Å². The van der Waals surface area contributed by atoms with E-state index >= 15 is 0 Å². The molecule has 24 heavy (non-hydrogen) atoms. The molecule has 1 aliphatic rings. The highest BCUT2D eigenvalue weighted by atomic mass is 35.5. The summed E-state index contributed by atoms with van der Waals surface area (Å²) in [6.07, 6.45) is 5.66. The van der Waals surface area contributed by atoms with E-state index in [4.69, 9.17) is 5.73 Å². The Kier molecular flexibility index (Phi) is 11.1. The lowest BCUT2D eigenvalue weighted by Crippen LogP contribution is -2.47. The monoisotopic (exact) mass is 375 g/mol. The summed E-state index contributed by atoms with van der Waals surface area (Å²) in [5, 5.41) is 0. The summed E-state index contributed by atoms with van der Waals surface area (Å²) in [5.41, 5.74) is 7.76. The molecule has 6 heteroatoms. The van der Waals surface area contributed by atoms with E-state index in [1.165, 1.54) is 24.9 Å². The first-order valence-corrected chi connectivity index (χ1v) is 8.49. The number of likely N-dealkylation sites (tertiary alicyclic amines) is 1. The van der Waals surface area contributed by atoms with Crippen LogP contribution in [0, 0.1) is 0 Å². The number of carbonyl (C=O) groups excluding carboxylic acids is 1. The summed E-state index contributed by atoms with van der Waals surface area (Å²) < 4.78 is 0. The second kappa shape index (κ2) is 11.6. The van der Waals surface area contributed by atoms with E-state index in [1.54, 1.807) is 0 Å². The molecule has 1 aromatic rings. The third kappa shape index (κ3) is 5.83. The van der Waals surface area contributed by atoms with Gasteiger partial charge >= 0.3 is 0 Å². The molecule has 0 radical (unpaired) electrons. The van der Waals surface area contributed by atoms with Crippen molar-refractivity contribution in [2.45, 2.75) is 45.1 Å². The fourth-order valence-electron chi connectivity index (χ4n) is 3.06. The zero-order valence-corrected chi connectivity index (χ0v) is 16.4. The lowest BCUT2D eigenvalue weighted by atomic mass is 10.0. The number of unbranched alkanes of at least 4 members (excludes halogenated alkanes) is 1. The van der Waals surface area contributed by atoms with E-state index in [0.717, 1.165) is 31.5 Å². The predicted molar refractivity (Wildman–Crippen MR) is 107 cm³/mol. The van der Waals surface area contributed by atoms with Gasteiger partial charge in [-0.15, -0.1) is 24.8 Å². The molecule has 1 amide bonds. The SMILES string of the molecule is CCCCN(C)c1ccc(C(=O)N2CCCCC2CN)cc1.Cl.Cl. The Balaban J connectivity index is 0.00000264. The molecule has 1 heterocycles. The number of amides is 1. The summed E-state index contributed by atoms with van der Waals surface area (Å²) in [6.45, 7) is 4.63. The minimum absolute atomic E-state index is 0. The van der Waals surface area contributed by atoms with Crippen LogP contribution in [0.4, 0.5) is 5.69 Å². The number of nitrogens with two attached hydrogens (primary N) is 1. The van der Waals surface area contributed by atoms with Crippen LogP contribution in [0.25, 0.3) is 0 Å². The van der Waals surface area contributed by atoms with Crippen molar-refractivity contribution < 1.29 is 4.79 Å². The van der Waals surface area contributed by atoms with E-state index in [0.29, 0.717) is 6.54 Å². The highest BCUT2D eigenvalue weighted by molar-refractivity contribution is 5.94. The molecule has 0 saturated carbocycles. The van der Waals surface area contributed by atoms with Crippen LogP contribution in [0.2, 0.25) is 0 Å². The van der Waals surface area contributed by atoms with Gasteiger partial charge in [0.05, 0.1) is 0 Å². The van der Waals surface area contributed by atoms with E-state index < -0.39 is 0 Å². The van der Waals surface area contributed by atoms with Gasteiger partial charge < -0.3 is 15.5 Å². The second-order valence-corrected chi connectivity index (χ2v) is 6.21. The fourth-order valence-corrected chi connectivity index (χ4v) is 3.06. The van der Waals surface area contributed by atoms with Crippen LogP contribution >= 0.6 is 24.8 Å². The molecule has 1 fully saturated rings. The Labute approximate surface area is 158 Å². The minimum Gasteiger partial charge on any atom is -0.375 e. The molecule has 1 atom stereocenters. The molecule has 2 rings (SSSR count). The molecular weight excluding hydrogens is 345 g/mol. The smallest absolute Gasteiger partial charge is 0.254 e. The summed E-state index contributed by atoms with van der Waals surface area (Å²) >= 11 is 0. The van der Waals surface area contributed by atoms with Crippen molar-refractivity contribution in [3.63, 3.8) is 0 Å². The first-order chi connectivity index (χ1) is 10.7. The maximum absolute atomic E-state index is 12.7. The Morgan fingerprint density at radius 3 is 2.50 bits per heavy atom. The molecule has 1 aromatic carbocycles. The molecule has 138 valence electrons. The largest absolute Gasteiger partial charge is 0.375 e. The van der Waals surface area contributed by atoms with Gasteiger partial charge in [-0.25, -0.2) is 0 Å². The van der Waals surface area contributed by atoms with Gasteiger partial charge in [0, 0.05) is 44.0 Å². The van der Waals surface area contributed by atoms with Crippen LogP contribution in [-0.4, -0.2) is 43.5 Å². The van der Waals surface area contributed by atoms with Gasteiger partial charge in [0.1, 0.15) is 0 Å². The number of carbonyl (C=O) groups is 1. The molecule has 4 nitrogen and oxygen atoms in total. The Hall–Kier alpha value is -0.970. The van der Waals surface area contributed by atoms with Gasteiger partial charge in [0.15, 0.2) is 0 Å². The van der Waals surface area contributed by atoms with Crippen LogP contribution in [0.1, 0.15) is 49.4 Å². The average molecular weight is 376 g/mol. The topological polar surface area (TPSA) is 49.6 Å². The summed E-state index contributed by atoms with van der Waals surface area (Å²) in [5.74, 6) is 0.123. The molecule has 0 aliphatic carbocycles. The first-order valence-electron chi connectivity index (χ1n) is 8.49. The van der Waals surface area contributed by atoms with Crippen LogP contribution in [0.5, 0.6) is 0 Å². The third-order valence-corrected chi connectivity index (χ3v) is 4.56. The Morgan fingerprint density at radius 2 is 1.92 bits per heavy atom. The predicted octanol–water partition coefficient (Wildman–Crippen LogP) is 3.72. The van der Waals surface area contributed by atoms with Gasteiger partial charge in [0.25, 0.3) is 5.91 Å². The highest BCUT2D eigenvalue weighted by Gasteiger charge is 2.26. The number of benzene rings is 1. The van der Waals surface area contributed by atoms with Gasteiger partial charge in [-0.1, -0.05) is 13.3 Å². The fraction of sp³-hybridized carbons (Fsp3) is 0.611. The van der Waals surface area contributed by atoms with Crippen LogP contribution in [0.15, 0.2) is 24.3 Å². The molecule has 0 spiro atoms. The average Bonchev–Trinajstić information content (AvgIpc) is 2.59. The lowest BCUT2D eigenvalue weighted by molar-refractivity contribution is 0.0623. The minimum atomic E-state index is 0. The van der Waals surface area contributed by atoms with Gasteiger partial charge in [0.2, 0.25) is 0 Å². The van der Waals surface area contributed by atoms with Crippen molar-refractivity contribution >= 4 is 36.4 Å². The number of halogens is 2. The second-order valence-electron chi connectivity index (χ2n) is 6.21. The van der Waals surface area contributed by atoms with Crippen LogP contribution in [0.3, 0.4) is 0 Å². The van der Waals surface area contributed by atoms with E-state index in [1.807, 2.05) is 29.2 Å². The van der Waals surface area contributed by atoms with Crippen molar-refractivity contribution in [3.8, 4) is 0 Å². The Bertz CT molecular complexity index is 482. The van der Waals surface area contributed by atoms with Crippen molar-refractivity contribution in [1.29, 1.82) is 0 Å². The molecular formula is C18H31Cl2N3O. The van der Waals surface area contributed by atoms with Gasteiger partial charge in [-0.05, 0) is 49.9 Å². The molecule has 1 aliphatic heterocycles. The van der Waals surface area contributed by atoms with Crippen molar-refractivity contribution in [3.05, 3.63) is 29.8 Å². The van der Waals surface area contributed by atoms with Crippen LogP contribution < -0.4 is 10.6 Å². The Morgan fingerprint density at radius 1 is 1.25 bits per heavy atom. The number of hydrogen-bond acceptors (Lipinski definition) is 3. The lowest BCUT2D eigenvalue weighted by Gasteiger charge is -2.35. The molecule has 1 unspecified atom stereocenters. The summed E-state index contributed by atoms with van der Waals surface area (Å²) in [6, 6.07) is 8.19. The van der Waals surface area contributed by atoms with Gasteiger partial charge in [-0.2, -0.15) is 0 Å². The first kappa shape index (κ1) is 23.0. The van der Waals surface area contributed by atoms with Gasteiger partial charge in [-0.3, -0.25) is 4.79 Å². The van der Waals surface area contributed by atoms with Crippen molar-refractivity contribution in [2.75, 3.05) is 31.6 Å². The van der Waals surface area contributed by atoms with E-state index in [-0.39, 0.29) is 36.8 Å². The van der Waals surface area contributed by atoms with E-state index in [2.05, 4.69) is 18.9 Å². The van der Waals surface area contributed by atoms with E-state index in [9.17, 15) is 4.79 Å². The number of anilines is 1. The molecule has 0 bridgehead atoms. The maximum atomic E-state index is 12.7. The number of piperidine rings is 1. The highest BCUT2D eigenvalue weighted by Crippen LogP contribution is 2.21. The molecule has 2 N–H and O–H groups in total. The normalized spacial score (nSPS) is 16.8. The van der Waals surface area contributed by atoms with Crippen molar-refractivity contribution in [1.82, 2.24) is 4.90 Å². The quantitative estimate of drug-likeness (QED) is 0.823. The zero-order valence-electron chi connectivity index (χ0n) is 14.7. The third-order valence-electron chi connectivity index (χ3n) is 4.56. The summed E-state index contributed by atoms with van der Waals surface area (Å²) in [4.78, 5) is 16.9.